The van der Waals surface area contributed by atoms with E-state index in [4.69, 9.17) is 9.26 Å². The minimum atomic E-state index is 0.0802. The Bertz CT molecular complexity index is 784. The second kappa shape index (κ2) is 8.21. The Morgan fingerprint density at radius 2 is 2.22 bits per heavy atom. The van der Waals surface area contributed by atoms with Crippen LogP contribution in [0.5, 0.6) is 0 Å². The molecule has 6 heteroatoms. The highest BCUT2D eigenvalue weighted by molar-refractivity contribution is 5.94. The van der Waals surface area contributed by atoms with Crippen molar-refractivity contribution in [3.63, 3.8) is 0 Å². The van der Waals surface area contributed by atoms with Crippen LogP contribution in [0.2, 0.25) is 0 Å². The lowest BCUT2D eigenvalue weighted by molar-refractivity contribution is 0.0695. The van der Waals surface area contributed by atoms with Gasteiger partial charge in [0.15, 0.2) is 5.82 Å². The lowest BCUT2D eigenvalue weighted by atomic mass is 9.97. The van der Waals surface area contributed by atoms with E-state index >= 15 is 0 Å². The van der Waals surface area contributed by atoms with Crippen LogP contribution in [0.1, 0.15) is 59.2 Å². The van der Waals surface area contributed by atoms with E-state index in [1.54, 1.807) is 0 Å². The van der Waals surface area contributed by atoms with Gasteiger partial charge in [-0.1, -0.05) is 22.9 Å². The summed E-state index contributed by atoms with van der Waals surface area (Å²) in [4.78, 5) is 19.3. The Morgan fingerprint density at radius 3 is 3.04 bits per heavy atom. The van der Waals surface area contributed by atoms with Crippen LogP contribution >= 0.6 is 0 Å². The fourth-order valence-corrected chi connectivity index (χ4v) is 3.56. The molecule has 0 spiro atoms. The number of piperidine rings is 1. The first kappa shape index (κ1) is 18.2. The van der Waals surface area contributed by atoms with Gasteiger partial charge in [-0.2, -0.15) is 4.98 Å². The number of carbonyl (C=O) groups excluding carboxylic acids is 1. The summed E-state index contributed by atoms with van der Waals surface area (Å²) in [6.07, 6.45) is 5.19. The van der Waals surface area contributed by atoms with E-state index in [0.29, 0.717) is 31.3 Å². The fraction of sp³-hybridized carbons (Fsp3) is 0.571. The van der Waals surface area contributed by atoms with Gasteiger partial charge in [-0.15, -0.1) is 0 Å². The normalized spacial score (nSPS) is 20.0. The van der Waals surface area contributed by atoms with Gasteiger partial charge in [0.05, 0.1) is 12.5 Å². The van der Waals surface area contributed by atoms with E-state index in [-0.39, 0.29) is 11.8 Å². The van der Waals surface area contributed by atoms with Crippen molar-refractivity contribution in [3.05, 3.63) is 47.1 Å². The maximum Gasteiger partial charge on any atom is 0.253 e. The van der Waals surface area contributed by atoms with Gasteiger partial charge in [-0.05, 0) is 50.7 Å². The van der Waals surface area contributed by atoms with Crippen LogP contribution in [0.25, 0.3) is 0 Å². The molecule has 144 valence electrons. The molecule has 2 aromatic rings. The first-order valence-electron chi connectivity index (χ1n) is 9.95. The Hall–Kier alpha value is -2.21. The molecule has 0 bridgehead atoms. The minimum absolute atomic E-state index is 0.0802. The number of benzene rings is 1. The smallest absolute Gasteiger partial charge is 0.253 e. The van der Waals surface area contributed by atoms with Crippen molar-refractivity contribution in [1.82, 2.24) is 15.0 Å². The molecule has 1 aliphatic heterocycles. The van der Waals surface area contributed by atoms with Gasteiger partial charge in [0.2, 0.25) is 5.89 Å². The number of aromatic nitrogens is 2. The zero-order chi connectivity index (χ0) is 18.6. The number of hydrogen-bond acceptors (Lipinski definition) is 5. The number of ether oxygens (including phenoxy) is 1. The molecule has 2 fully saturated rings. The molecule has 0 N–H and O–H groups in total. The molecule has 1 aliphatic carbocycles. The highest BCUT2D eigenvalue weighted by Crippen LogP contribution is 2.29. The highest BCUT2D eigenvalue weighted by Gasteiger charge is 2.29. The van der Waals surface area contributed by atoms with E-state index in [9.17, 15) is 4.79 Å². The Morgan fingerprint density at radius 1 is 1.33 bits per heavy atom. The van der Waals surface area contributed by atoms with Gasteiger partial charge in [0.25, 0.3) is 5.91 Å². The van der Waals surface area contributed by atoms with Crippen molar-refractivity contribution in [2.45, 2.75) is 44.9 Å². The number of hydrogen-bond donors (Lipinski definition) is 0. The van der Waals surface area contributed by atoms with Crippen LogP contribution in [0.15, 0.2) is 28.8 Å². The topological polar surface area (TPSA) is 68.5 Å². The summed E-state index contributed by atoms with van der Waals surface area (Å²) in [6.45, 7) is 4.90. The van der Waals surface area contributed by atoms with Gasteiger partial charge in [-0.25, -0.2) is 0 Å². The fourth-order valence-electron chi connectivity index (χ4n) is 3.56. The maximum atomic E-state index is 12.8. The summed E-state index contributed by atoms with van der Waals surface area (Å²) in [7, 11) is 0. The molecule has 0 radical (unpaired) electrons. The molecule has 27 heavy (non-hydrogen) atoms. The Kier molecular flexibility index (Phi) is 5.53. The molecule has 2 heterocycles. The predicted molar refractivity (Wildman–Crippen MR) is 101 cm³/mol. The van der Waals surface area contributed by atoms with Crippen LogP contribution < -0.4 is 0 Å². The molecule has 4 rings (SSSR count). The molecule has 1 amide bonds. The van der Waals surface area contributed by atoms with Gasteiger partial charge in [0.1, 0.15) is 0 Å². The number of nitrogens with zero attached hydrogens (tertiary/aromatic N) is 3. The third kappa shape index (κ3) is 4.75. The second-order valence-electron chi connectivity index (χ2n) is 7.78. The molecule has 6 nitrogen and oxygen atoms in total. The van der Waals surface area contributed by atoms with Gasteiger partial charge in [0, 0.05) is 31.7 Å². The molecular weight excluding hydrogens is 342 g/mol. The lowest BCUT2D eigenvalue weighted by Crippen LogP contribution is -2.39. The summed E-state index contributed by atoms with van der Waals surface area (Å²) in [6, 6.07) is 7.76. The van der Waals surface area contributed by atoms with Crippen LogP contribution in [0, 0.1) is 12.8 Å². The molecular formula is C21H27N3O3. The van der Waals surface area contributed by atoms with E-state index in [2.05, 4.69) is 10.1 Å². The first-order valence-corrected chi connectivity index (χ1v) is 9.95. The molecule has 1 atom stereocenters. The van der Waals surface area contributed by atoms with Crippen molar-refractivity contribution >= 4 is 5.91 Å². The zero-order valence-corrected chi connectivity index (χ0v) is 15.9. The van der Waals surface area contributed by atoms with Crippen LogP contribution in [-0.2, 0) is 11.2 Å². The van der Waals surface area contributed by atoms with Gasteiger partial charge in [-0.3, -0.25) is 4.79 Å². The molecule has 1 aromatic carbocycles. The Labute approximate surface area is 159 Å². The van der Waals surface area contributed by atoms with Crippen molar-refractivity contribution in [3.8, 4) is 0 Å². The second-order valence-corrected chi connectivity index (χ2v) is 7.78. The number of likely N-dealkylation sites (tertiary alicyclic amines) is 1. The summed E-state index contributed by atoms with van der Waals surface area (Å²) in [5.41, 5.74) is 1.84. The quantitative estimate of drug-likeness (QED) is 0.700. The third-order valence-electron chi connectivity index (χ3n) is 5.33. The average molecular weight is 369 g/mol. The summed E-state index contributed by atoms with van der Waals surface area (Å²) in [5, 5.41) is 4.09. The molecule has 2 aliphatic rings. The Balaban J connectivity index is 1.33. The van der Waals surface area contributed by atoms with Crippen LogP contribution in [0.4, 0.5) is 0 Å². The van der Waals surface area contributed by atoms with E-state index in [1.807, 2.05) is 36.1 Å². The van der Waals surface area contributed by atoms with Gasteiger partial charge < -0.3 is 14.2 Å². The molecule has 1 saturated carbocycles. The minimum Gasteiger partial charge on any atom is -0.381 e. The van der Waals surface area contributed by atoms with Crippen molar-refractivity contribution in [1.29, 1.82) is 0 Å². The highest BCUT2D eigenvalue weighted by atomic mass is 16.5. The number of carbonyl (C=O) groups is 1. The number of aryl methyl sites for hydroxylation is 1. The van der Waals surface area contributed by atoms with Gasteiger partial charge >= 0.3 is 0 Å². The first-order chi connectivity index (χ1) is 13.2. The summed E-state index contributed by atoms with van der Waals surface area (Å²) < 4.78 is 11.1. The van der Waals surface area contributed by atoms with Crippen molar-refractivity contribution in [2.24, 2.45) is 5.92 Å². The van der Waals surface area contributed by atoms with Crippen molar-refractivity contribution in [2.75, 3.05) is 26.3 Å². The zero-order valence-electron chi connectivity index (χ0n) is 15.9. The van der Waals surface area contributed by atoms with E-state index in [0.717, 1.165) is 43.0 Å². The van der Waals surface area contributed by atoms with Crippen LogP contribution in [0.3, 0.4) is 0 Å². The summed E-state index contributed by atoms with van der Waals surface area (Å²) in [5.74, 6) is 2.31. The van der Waals surface area contributed by atoms with E-state index < -0.39 is 0 Å². The number of amides is 1. The third-order valence-corrected chi connectivity index (χ3v) is 5.33. The van der Waals surface area contributed by atoms with E-state index in [1.165, 1.54) is 12.8 Å². The predicted octanol–water partition coefficient (Wildman–Crippen LogP) is 3.37. The molecule has 1 aromatic heterocycles. The lowest BCUT2D eigenvalue weighted by Gasteiger charge is -2.31. The van der Waals surface area contributed by atoms with Crippen molar-refractivity contribution < 1.29 is 14.1 Å². The number of rotatable bonds is 7. The standard InChI is InChI=1S/C21H27N3O3/c1-15-4-2-5-17(12-15)21(25)24-10-3-6-18(13-24)20-22-19(23-27-20)9-11-26-14-16-7-8-16/h2,4-5,12,16,18H,3,6-11,13-14H2,1H3. The SMILES string of the molecule is Cc1cccc(C(=O)N2CCCC(c3nc(CCOCC4CC4)no3)C2)c1. The van der Waals surface area contributed by atoms with Crippen LogP contribution in [-0.4, -0.2) is 47.3 Å². The molecule has 1 saturated heterocycles. The molecule has 1 unspecified atom stereocenters. The maximum absolute atomic E-state index is 12.8. The average Bonchev–Trinajstić information content (AvgIpc) is 3.40. The largest absolute Gasteiger partial charge is 0.381 e. The summed E-state index contributed by atoms with van der Waals surface area (Å²) >= 11 is 0. The monoisotopic (exact) mass is 369 g/mol.